The first kappa shape index (κ1) is 6.72. The second kappa shape index (κ2) is 3.59. The number of nitrogens with zero attached hydrogens (tertiary/aromatic N) is 2. The molecule has 3 heteroatoms. The van der Waals surface area contributed by atoms with Gasteiger partial charge in [-0.1, -0.05) is 11.8 Å². The molecule has 0 aliphatic rings. The van der Waals surface area contributed by atoms with Crippen LogP contribution in [0.3, 0.4) is 0 Å². The molecule has 0 unspecified atom stereocenters. The minimum Gasteiger partial charge on any atom is -0.320 e. The van der Waals surface area contributed by atoms with E-state index in [-0.39, 0.29) is 0 Å². The minimum absolute atomic E-state index is 0.370. The molecule has 1 aromatic rings. The van der Waals surface area contributed by atoms with Crippen molar-refractivity contribution < 1.29 is 0 Å². The minimum atomic E-state index is 0.370. The van der Waals surface area contributed by atoms with Gasteiger partial charge in [0.1, 0.15) is 6.33 Å². The van der Waals surface area contributed by atoms with E-state index in [4.69, 9.17) is 5.73 Å². The van der Waals surface area contributed by atoms with Gasteiger partial charge in [0.05, 0.1) is 12.1 Å². The van der Waals surface area contributed by atoms with Crippen LogP contribution in [0.15, 0.2) is 18.7 Å². The van der Waals surface area contributed by atoms with Crippen molar-refractivity contribution in [1.82, 2.24) is 9.97 Å². The third-order valence-corrected chi connectivity index (χ3v) is 0.895. The number of hydrogen-bond donors (Lipinski definition) is 1. The molecule has 1 rings (SSSR count). The Morgan fingerprint density at radius 3 is 2.70 bits per heavy atom. The molecule has 0 fully saturated rings. The van der Waals surface area contributed by atoms with Gasteiger partial charge in [0.2, 0.25) is 0 Å². The van der Waals surface area contributed by atoms with Crippen LogP contribution < -0.4 is 5.73 Å². The van der Waals surface area contributed by atoms with E-state index in [9.17, 15) is 0 Å². The van der Waals surface area contributed by atoms with Gasteiger partial charge >= 0.3 is 0 Å². The highest BCUT2D eigenvalue weighted by atomic mass is 14.8. The van der Waals surface area contributed by atoms with Gasteiger partial charge in [0, 0.05) is 12.4 Å². The van der Waals surface area contributed by atoms with Crippen molar-refractivity contribution in [2.75, 3.05) is 6.54 Å². The lowest BCUT2D eigenvalue weighted by Gasteiger charge is -1.83. The third-order valence-electron chi connectivity index (χ3n) is 0.895. The van der Waals surface area contributed by atoms with Crippen LogP contribution in [0, 0.1) is 11.8 Å². The first-order valence-electron chi connectivity index (χ1n) is 2.87. The Labute approximate surface area is 59.3 Å². The van der Waals surface area contributed by atoms with Crippen LogP contribution >= 0.6 is 0 Å². The van der Waals surface area contributed by atoms with Crippen molar-refractivity contribution in [3.8, 4) is 11.8 Å². The summed E-state index contributed by atoms with van der Waals surface area (Å²) >= 11 is 0. The quantitative estimate of drug-likeness (QED) is 0.498. The third kappa shape index (κ3) is 1.84. The summed E-state index contributed by atoms with van der Waals surface area (Å²) in [5.74, 6) is 5.51. The zero-order valence-corrected chi connectivity index (χ0v) is 5.41. The molecule has 0 amide bonds. The van der Waals surface area contributed by atoms with Crippen LogP contribution in [-0.2, 0) is 0 Å². The molecule has 1 aromatic heterocycles. The number of hydrogen-bond acceptors (Lipinski definition) is 3. The van der Waals surface area contributed by atoms with E-state index in [2.05, 4.69) is 21.8 Å². The van der Waals surface area contributed by atoms with Crippen molar-refractivity contribution in [3.63, 3.8) is 0 Å². The maximum absolute atomic E-state index is 5.16. The van der Waals surface area contributed by atoms with E-state index < -0.39 is 0 Å². The van der Waals surface area contributed by atoms with E-state index in [1.807, 2.05) is 0 Å². The second-order valence-electron chi connectivity index (χ2n) is 1.63. The molecule has 0 aliphatic carbocycles. The Kier molecular flexibility index (Phi) is 2.41. The van der Waals surface area contributed by atoms with Crippen molar-refractivity contribution in [1.29, 1.82) is 0 Å². The maximum atomic E-state index is 5.16. The summed E-state index contributed by atoms with van der Waals surface area (Å²) in [4.78, 5) is 7.57. The highest BCUT2D eigenvalue weighted by Crippen LogP contribution is 1.86. The summed E-state index contributed by atoms with van der Waals surface area (Å²) in [6, 6.07) is 0. The van der Waals surface area contributed by atoms with Gasteiger partial charge in [0.15, 0.2) is 0 Å². The molecule has 0 atom stereocenters. The second-order valence-corrected chi connectivity index (χ2v) is 1.63. The fourth-order valence-corrected chi connectivity index (χ4v) is 0.517. The molecule has 2 N–H and O–H groups in total. The van der Waals surface area contributed by atoms with Gasteiger partial charge in [-0.25, -0.2) is 9.97 Å². The molecular formula is C7H7N3. The molecule has 0 aromatic carbocycles. The average Bonchev–Trinajstić information content (AvgIpc) is 2.03. The predicted molar refractivity (Wildman–Crippen MR) is 38.0 cm³/mol. The van der Waals surface area contributed by atoms with Crippen molar-refractivity contribution in [2.24, 2.45) is 5.73 Å². The molecule has 0 radical (unpaired) electrons. The fraction of sp³-hybridized carbons (Fsp3) is 0.143. The first-order valence-corrected chi connectivity index (χ1v) is 2.87. The fourth-order valence-electron chi connectivity index (χ4n) is 0.517. The molecule has 3 nitrogen and oxygen atoms in total. The zero-order valence-electron chi connectivity index (χ0n) is 5.41. The zero-order chi connectivity index (χ0) is 7.23. The lowest BCUT2D eigenvalue weighted by molar-refractivity contribution is 1.16. The molecule has 0 aliphatic heterocycles. The van der Waals surface area contributed by atoms with Gasteiger partial charge in [0.25, 0.3) is 0 Å². The van der Waals surface area contributed by atoms with Gasteiger partial charge in [-0.15, -0.1) is 0 Å². The van der Waals surface area contributed by atoms with E-state index in [0.29, 0.717) is 6.54 Å². The Bertz CT molecular complexity index is 245. The summed E-state index contributed by atoms with van der Waals surface area (Å²) in [6.07, 6.45) is 4.76. The highest BCUT2D eigenvalue weighted by molar-refractivity contribution is 5.28. The van der Waals surface area contributed by atoms with Gasteiger partial charge in [-0.05, 0) is 0 Å². The van der Waals surface area contributed by atoms with E-state index in [1.165, 1.54) is 6.33 Å². The van der Waals surface area contributed by atoms with Crippen LogP contribution in [0.25, 0.3) is 0 Å². The van der Waals surface area contributed by atoms with E-state index >= 15 is 0 Å². The monoisotopic (exact) mass is 133 g/mol. The molecule has 10 heavy (non-hydrogen) atoms. The normalized spacial score (nSPS) is 8.10. The lowest BCUT2D eigenvalue weighted by atomic mass is 10.3. The predicted octanol–water partition coefficient (Wildman–Crippen LogP) is -0.213. The smallest absolute Gasteiger partial charge is 0.115 e. The SMILES string of the molecule is NCC#Cc1cncnc1. The Hall–Kier alpha value is -1.40. The highest BCUT2D eigenvalue weighted by Gasteiger charge is 1.80. The standard InChI is InChI=1S/C7H7N3/c8-3-1-2-7-4-9-6-10-5-7/h4-6H,3,8H2. The van der Waals surface area contributed by atoms with Crippen molar-refractivity contribution in [3.05, 3.63) is 24.3 Å². The number of aromatic nitrogens is 2. The largest absolute Gasteiger partial charge is 0.320 e. The topological polar surface area (TPSA) is 51.8 Å². The first-order chi connectivity index (χ1) is 4.93. The average molecular weight is 133 g/mol. The van der Waals surface area contributed by atoms with Gasteiger partial charge < -0.3 is 5.73 Å². The maximum Gasteiger partial charge on any atom is 0.115 e. The summed E-state index contributed by atoms with van der Waals surface area (Å²) in [5, 5.41) is 0. The molecule has 0 saturated heterocycles. The van der Waals surface area contributed by atoms with E-state index in [1.54, 1.807) is 12.4 Å². The Balaban J connectivity index is 2.76. The molecule has 50 valence electrons. The van der Waals surface area contributed by atoms with E-state index in [0.717, 1.165) is 5.56 Å². The molecule has 0 saturated carbocycles. The molecule has 0 spiro atoms. The Morgan fingerprint density at radius 1 is 1.40 bits per heavy atom. The van der Waals surface area contributed by atoms with Gasteiger partial charge in [-0.2, -0.15) is 0 Å². The van der Waals surface area contributed by atoms with Crippen LogP contribution in [0.2, 0.25) is 0 Å². The molecule has 0 bridgehead atoms. The molecule has 1 heterocycles. The van der Waals surface area contributed by atoms with Crippen LogP contribution in [-0.4, -0.2) is 16.5 Å². The number of rotatable bonds is 0. The Morgan fingerprint density at radius 2 is 2.10 bits per heavy atom. The summed E-state index contributed by atoms with van der Waals surface area (Å²) in [7, 11) is 0. The lowest BCUT2D eigenvalue weighted by Crippen LogP contribution is -1.93. The van der Waals surface area contributed by atoms with Gasteiger partial charge in [-0.3, -0.25) is 0 Å². The summed E-state index contributed by atoms with van der Waals surface area (Å²) < 4.78 is 0. The summed E-state index contributed by atoms with van der Waals surface area (Å²) in [6.45, 7) is 0.370. The molecular weight excluding hydrogens is 126 g/mol. The van der Waals surface area contributed by atoms with Crippen LogP contribution in [0.1, 0.15) is 5.56 Å². The van der Waals surface area contributed by atoms with Crippen LogP contribution in [0.5, 0.6) is 0 Å². The van der Waals surface area contributed by atoms with Crippen molar-refractivity contribution in [2.45, 2.75) is 0 Å². The van der Waals surface area contributed by atoms with Crippen molar-refractivity contribution >= 4 is 0 Å². The summed E-state index contributed by atoms with van der Waals surface area (Å²) in [5.41, 5.74) is 5.96. The van der Waals surface area contributed by atoms with Crippen LogP contribution in [0.4, 0.5) is 0 Å². The number of nitrogens with two attached hydrogens (primary N) is 1.